The minimum absolute atomic E-state index is 0.126. The van der Waals surface area contributed by atoms with Crippen LogP contribution in [0.15, 0.2) is 23.8 Å². The number of hydrogen-bond acceptors (Lipinski definition) is 4. The molecule has 2 amide bonds. The molecule has 0 radical (unpaired) electrons. The minimum atomic E-state index is -0.701. The fourth-order valence-corrected chi connectivity index (χ4v) is 4.40. The van der Waals surface area contributed by atoms with Gasteiger partial charge in [0.1, 0.15) is 18.5 Å². The van der Waals surface area contributed by atoms with E-state index in [4.69, 9.17) is 9.47 Å². The van der Waals surface area contributed by atoms with Crippen LogP contribution in [0.3, 0.4) is 0 Å². The van der Waals surface area contributed by atoms with E-state index in [0.717, 1.165) is 5.57 Å². The zero-order chi connectivity index (χ0) is 20.0. The van der Waals surface area contributed by atoms with Crippen LogP contribution in [0.1, 0.15) is 46.0 Å². The van der Waals surface area contributed by atoms with Crippen molar-refractivity contribution >= 4 is 11.8 Å². The predicted molar refractivity (Wildman–Crippen MR) is 101 cm³/mol. The van der Waals surface area contributed by atoms with Gasteiger partial charge in [0.05, 0.1) is 18.8 Å². The van der Waals surface area contributed by atoms with Crippen LogP contribution in [0.5, 0.6) is 5.75 Å². The van der Waals surface area contributed by atoms with Crippen molar-refractivity contribution in [3.05, 3.63) is 40.5 Å². The summed E-state index contributed by atoms with van der Waals surface area (Å²) in [7, 11) is 1.52. The van der Waals surface area contributed by atoms with E-state index in [1.807, 2.05) is 19.9 Å². The van der Waals surface area contributed by atoms with Crippen LogP contribution in [0.25, 0.3) is 0 Å². The molecule has 0 aromatic heterocycles. The molecule has 2 aliphatic heterocycles. The average molecular weight is 388 g/mol. The van der Waals surface area contributed by atoms with Gasteiger partial charge < -0.3 is 20.1 Å². The van der Waals surface area contributed by atoms with Crippen molar-refractivity contribution in [1.29, 1.82) is 0 Å². The van der Waals surface area contributed by atoms with Gasteiger partial charge in [-0.25, -0.2) is 4.39 Å². The molecule has 6 nitrogen and oxygen atoms in total. The maximum atomic E-state index is 13.7. The maximum Gasteiger partial charge on any atom is 0.254 e. The number of amides is 2. The number of rotatable bonds is 5. The Balaban J connectivity index is 1.70. The predicted octanol–water partition coefficient (Wildman–Crippen LogP) is 2.20. The average Bonchev–Trinajstić information content (AvgIpc) is 3.07. The molecule has 7 heteroatoms. The standard InChI is InChI=1S/C21H25FN2O4/c1-4-10(2)17-12-5-11(20(25)24-18-14-8-27-9-15(14)18)6-13(21(26)23-3)19(12)28-16(17)7-22/h4-6,14-18H,7-9H2,1-3H3,(H,23,26)(H,24,25)/b10-4+/t14-,15+,16-,17+,18?/m1/s1. The normalized spacial score (nSPS) is 30.3. The number of halogens is 1. The molecule has 1 aromatic rings. The van der Waals surface area contributed by atoms with Crippen molar-refractivity contribution in [2.45, 2.75) is 31.9 Å². The van der Waals surface area contributed by atoms with Crippen molar-refractivity contribution in [3.8, 4) is 5.75 Å². The molecule has 1 unspecified atom stereocenters. The number of ether oxygens (including phenoxy) is 2. The number of carbonyl (C=O) groups excluding carboxylic acids is 2. The van der Waals surface area contributed by atoms with Gasteiger partial charge in [-0.1, -0.05) is 11.6 Å². The zero-order valence-electron chi connectivity index (χ0n) is 16.3. The summed E-state index contributed by atoms with van der Waals surface area (Å²) in [6.45, 7) is 4.47. The summed E-state index contributed by atoms with van der Waals surface area (Å²) in [5, 5.41) is 5.63. The highest BCUT2D eigenvalue weighted by Gasteiger charge is 2.54. The molecule has 1 aliphatic carbocycles. The Kier molecular flexibility index (Phi) is 4.87. The van der Waals surface area contributed by atoms with Gasteiger partial charge in [0.2, 0.25) is 0 Å². The minimum Gasteiger partial charge on any atom is -0.486 e. The zero-order valence-corrected chi connectivity index (χ0v) is 16.3. The van der Waals surface area contributed by atoms with Crippen molar-refractivity contribution in [3.63, 3.8) is 0 Å². The van der Waals surface area contributed by atoms with Gasteiger partial charge in [-0.2, -0.15) is 0 Å². The summed E-state index contributed by atoms with van der Waals surface area (Å²) in [6.07, 6.45) is 1.21. The lowest BCUT2D eigenvalue weighted by molar-refractivity contribution is 0.0929. The molecule has 1 aromatic carbocycles. The van der Waals surface area contributed by atoms with E-state index in [0.29, 0.717) is 41.9 Å². The summed E-state index contributed by atoms with van der Waals surface area (Å²) < 4.78 is 24.8. The summed E-state index contributed by atoms with van der Waals surface area (Å²) >= 11 is 0. The highest BCUT2D eigenvalue weighted by Crippen LogP contribution is 2.46. The first-order valence-electron chi connectivity index (χ1n) is 9.64. The summed E-state index contributed by atoms with van der Waals surface area (Å²) in [4.78, 5) is 25.3. The molecule has 1 saturated heterocycles. The van der Waals surface area contributed by atoms with Gasteiger partial charge in [-0.05, 0) is 26.0 Å². The molecule has 2 N–H and O–H groups in total. The quantitative estimate of drug-likeness (QED) is 0.759. The van der Waals surface area contributed by atoms with E-state index in [1.165, 1.54) is 13.1 Å². The van der Waals surface area contributed by atoms with Crippen LogP contribution in [0.4, 0.5) is 4.39 Å². The highest BCUT2D eigenvalue weighted by molar-refractivity contribution is 6.02. The largest absolute Gasteiger partial charge is 0.486 e. The molecule has 0 bridgehead atoms. The van der Waals surface area contributed by atoms with Crippen molar-refractivity contribution in [2.75, 3.05) is 26.9 Å². The van der Waals surface area contributed by atoms with E-state index >= 15 is 0 Å². The Bertz CT molecular complexity index is 843. The molecule has 2 fully saturated rings. The fourth-order valence-electron chi connectivity index (χ4n) is 4.40. The van der Waals surface area contributed by atoms with Gasteiger partial charge in [0.15, 0.2) is 0 Å². The van der Waals surface area contributed by atoms with E-state index in [9.17, 15) is 14.0 Å². The topological polar surface area (TPSA) is 76.7 Å². The van der Waals surface area contributed by atoms with Crippen LogP contribution in [0, 0.1) is 11.8 Å². The fraction of sp³-hybridized carbons (Fsp3) is 0.524. The van der Waals surface area contributed by atoms with E-state index < -0.39 is 12.8 Å². The van der Waals surface area contributed by atoms with E-state index in [2.05, 4.69) is 10.6 Å². The first-order chi connectivity index (χ1) is 13.5. The number of benzene rings is 1. The first-order valence-corrected chi connectivity index (χ1v) is 9.64. The third-order valence-corrected chi connectivity index (χ3v) is 6.18. The lowest BCUT2D eigenvalue weighted by atomic mass is 9.87. The van der Waals surface area contributed by atoms with E-state index in [-0.39, 0.29) is 29.3 Å². The second-order valence-electron chi connectivity index (χ2n) is 7.71. The van der Waals surface area contributed by atoms with Crippen LogP contribution < -0.4 is 15.4 Å². The molecule has 150 valence electrons. The Labute approximate surface area is 163 Å². The molecule has 3 aliphatic rings. The van der Waals surface area contributed by atoms with Gasteiger partial charge in [0, 0.05) is 42.0 Å². The third kappa shape index (κ3) is 2.98. The number of alkyl halides is 1. The first kappa shape index (κ1) is 18.9. The van der Waals surface area contributed by atoms with Crippen molar-refractivity contribution < 1.29 is 23.5 Å². The summed E-state index contributed by atoms with van der Waals surface area (Å²) in [5.41, 5.74) is 2.27. The second-order valence-corrected chi connectivity index (χ2v) is 7.71. The van der Waals surface area contributed by atoms with Crippen LogP contribution in [-0.2, 0) is 4.74 Å². The van der Waals surface area contributed by atoms with Gasteiger partial charge in [0.25, 0.3) is 11.8 Å². The molecule has 28 heavy (non-hydrogen) atoms. The molecule has 2 heterocycles. The monoisotopic (exact) mass is 388 g/mol. The molecule has 0 spiro atoms. The number of fused-ring (bicyclic) bond motifs is 2. The Morgan fingerprint density at radius 2 is 1.96 bits per heavy atom. The molecular weight excluding hydrogens is 363 g/mol. The Morgan fingerprint density at radius 1 is 1.25 bits per heavy atom. The number of allylic oxidation sites excluding steroid dienone is 1. The summed E-state index contributed by atoms with van der Waals surface area (Å²) in [6, 6.07) is 3.39. The van der Waals surface area contributed by atoms with Gasteiger partial charge >= 0.3 is 0 Å². The number of nitrogens with one attached hydrogen (secondary N) is 2. The van der Waals surface area contributed by atoms with Crippen molar-refractivity contribution in [2.24, 2.45) is 11.8 Å². The maximum absolute atomic E-state index is 13.7. The molecular formula is C21H25FN2O4. The van der Waals surface area contributed by atoms with Crippen molar-refractivity contribution in [1.82, 2.24) is 10.6 Å². The van der Waals surface area contributed by atoms with Crippen LogP contribution >= 0.6 is 0 Å². The highest BCUT2D eigenvalue weighted by atomic mass is 19.1. The van der Waals surface area contributed by atoms with Crippen LogP contribution in [0.2, 0.25) is 0 Å². The number of carbonyl (C=O) groups is 2. The lowest BCUT2D eigenvalue weighted by Crippen LogP contribution is -2.30. The van der Waals surface area contributed by atoms with Gasteiger partial charge in [-0.3, -0.25) is 9.59 Å². The molecule has 4 rings (SSSR count). The molecule has 1 saturated carbocycles. The SMILES string of the molecule is C/C=C(\C)[C@H]1c2cc(C(=O)NC3[C@H]4COC[C@@H]34)cc(C(=O)NC)c2O[C@@H]1CF. The van der Waals surface area contributed by atoms with Gasteiger partial charge in [-0.15, -0.1) is 0 Å². The number of hydrogen-bond donors (Lipinski definition) is 2. The lowest BCUT2D eigenvalue weighted by Gasteiger charge is -2.17. The Hall–Kier alpha value is -2.41. The molecule has 5 atom stereocenters. The van der Waals surface area contributed by atoms with Crippen LogP contribution in [-0.4, -0.2) is 50.9 Å². The third-order valence-electron chi connectivity index (χ3n) is 6.18. The smallest absolute Gasteiger partial charge is 0.254 e. The second kappa shape index (κ2) is 7.20. The Morgan fingerprint density at radius 3 is 2.57 bits per heavy atom. The van der Waals surface area contributed by atoms with E-state index in [1.54, 1.807) is 6.07 Å². The summed E-state index contributed by atoms with van der Waals surface area (Å²) in [5.74, 6) is 0.214.